The molecule has 4 heteroatoms. The zero-order valence-electron chi connectivity index (χ0n) is 12.3. The predicted octanol–water partition coefficient (Wildman–Crippen LogP) is 2.64. The number of aromatic nitrogens is 3. The van der Waals surface area contributed by atoms with Crippen LogP contribution < -0.4 is 0 Å². The molecular weight excluding hydrogens is 238 g/mol. The average Bonchev–Trinajstić information content (AvgIpc) is 2.84. The number of rotatable bonds is 4. The summed E-state index contributed by atoms with van der Waals surface area (Å²) in [7, 11) is 0. The quantitative estimate of drug-likeness (QED) is 0.838. The van der Waals surface area contributed by atoms with Gasteiger partial charge in [0.2, 0.25) is 0 Å². The van der Waals surface area contributed by atoms with Gasteiger partial charge in [-0.1, -0.05) is 5.21 Å². The minimum atomic E-state index is 0.421. The van der Waals surface area contributed by atoms with Gasteiger partial charge in [-0.3, -0.25) is 0 Å². The van der Waals surface area contributed by atoms with Crippen molar-refractivity contribution in [2.45, 2.75) is 52.5 Å². The van der Waals surface area contributed by atoms with Gasteiger partial charge < -0.3 is 4.74 Å². The molecule has 3 unspecified atom stereocenters. The third-order valence-corrected chi connectivity index (χ3v) is 4.81. The Balaban J connectivity index is 1.69. The highest BCUT2D eigenvalue weighted by Crippen LogP contribution is 2.52. The molecule has 106 valence electrons. The van der Waals surface area contributed by atoms with Gasteiger partial charge in [0.1, 0.15) is 0 Å². The lowest BCUT2D eigenvalue weighted by molar-refractivity contribution is 0.130. The lowest BCUT2D eigenvalue weighted by atomic mass is 10.0. The Kier molecular flexibility index (Phi) is 3.61. The highest BCUT2D eigenvalue weighted by Gasteiger charge is 2.49. The second kappa shape index (κ2) is 5.23. The minimum Gasteiger partial charge on any atom is -0.381 e. The van der Waals surface area contributed by atoms with Crippen molar-refractivity contribution in [2.75, 3.05) is 13.2 Å². The summed E-state index contributed by atoms with van der Waals surface area (Å²) in [5.74, 6) is 2.57. The molecule has 0 radical (unpaired) electrons. The Bertz CT molecular complexity index is 441. The van der Waals surface area contributed by atoms with E-state index in [0.29, 0.717) is 6.04 Å². The van der Waals surface area contributed by atoms with E-state index < -0.39 is 0 Å². The second-order valence-electron chi connectivity index (χ2n) is 6.25. The smallest absolute Gasteiger partial charge is 0.0859 e. The molecule has 0 saturated heterocycles. The molecule has 2 aliphatic rings. The first-order valence-corrected chi connectivity index (χ1v) is 7.73. The van der Waals surface area contributed by atoms with Crippen LogP contribution in [0, 0.1) is 17.8 Å². The molecule has 0 N–H and O–H groups in total. The molecular formula is C15H25N3O. The lowest BCUT2D eigenvalue weighted by Crippen LogP contribution is -2.10. The number of hydrogen-bond donors (Lipinski definition) is 0. The van der Waals surface area contributed by atoms with E-state index in [0.717, 1.165) is 43.8 Å². The number of aryl methyl sites for hydroxylation is 1. The number of nitrogens with zero attached hydrogens (tertiary/aromatic N) is 3. The van der Waals surface area contributed by atoms with E-state index in [1.165, 1.54) is 24.2 Å². The Labute approximate surface area is 115 Å². The van der Waals surface area contributed by atoms with Crippen molar-refractivity contribution in [1.29, 1.82) is 0 Å². The molecule has 4 nitrogen and oxygen atoms in total. The van der Waals surface area contributed by atoms with E-state index in [4.69, 9.17) is 4.74 Å². The zero-order valence-corrected chi connectivity index (χ0v) is 12.3. The van der Waals surface area contributed by atoms with Gasteiger partial charge in [-0.15, -0.1) is 5.10 Å². The zero-order chi connectivity index (χ0) is 13.4. The van der Waals surface area contributed by atoms with E-state index in [1.54, 1.807) is 0 Å². The minimum absolute atomic E-state index is 0.421. The van der Waals surface area contributed by atoms with Crippen LogP contribution in [0.3, 0.4) is 0 Å². The normalized spacial score (nSPS) is 29.6. The molecule has 1 aromatic heterocycles. The van der Waals surface area contributed by atoms with Crippen LogP contribution in [-0.4, -0.2) is 28.2 Å². The van der Waals surface area contributed by atoms with Crippen molar-refractivity contribution in [3.8, 4) is 0 Å². The van der Waals surface area contributed by atoms with Crippen LogP contribution >= 0.6 is 0 Å². The lowest BCUT2D eigenvalue weighted by Gasteiger charge is -2.12. The van der Waals surface area contributed by atoms with Crippen molar-refractivity contribution in [2.24, 2.45) is 17.8 Å². The average molecular weight is 263 g/mol. The first-order valence-electron chi connectivity index (χ1n) is 7.73. The maximum absolute atomic E-state index is 5.62. The molecule has 0 aromatic carbocycles. The van der Waals surface area contributed by atoms with Gasteiger partial charge in [0.25, 0.3) is 0 Å². The fraction of sp³-hybridized carbons (Fsp3) is 0.867. The summed E-state index contributed by atoms with van der Waals surface area (Å²) in [4.78, 5) is 0. The van der Waals surface area contributed by atoms with Crippen LogP contribution in [0.1, 0.15) is 51.0 Å². The van der Waals surface area contributed by atoms with Gasteiger partial charge in [-0.05, 0) is 64.2 Å². The van der Waals surface area contributed by atoms with Crippen molar-refractivity contribution < 1.29 is 4.74 Å². The summed E-state index contributed by atoms with van der Waals surface area (Å²) in [6.45, 7) is 8.27. The summed E-state index contributed by atoms with van der Waals surface area (Å²) in [6, 6.07) is 0.421. The molecule has 3 rings (SSSR count). The van der Waals surface area contributed by atoms with Crippen LogP contribution in [0.5, 0.6) is 0 Å². The second-order valence-corrected chi connectivity index (χ2v) is 6.25. The topological polar surface area (TPSA) is 39.9 Å². The number of hydrogen-bond acceptors (Lipinski definition) is 3. The molecule has 1 fully saturated rings. The molecule has 2 aliphatic carbocycles. The highest BCUT2D eigenvalue weighted by molar-refractivity contribution is 5.15. The molecule has 0 aliphatic heterocycles. The molecule has 0 spiro atoms. The van der Waals surface area contributed by atoms with Crippen LogP contribution in [0.2, 0.25) is 0 Å². The third kappa shape index (κ3) is 2.42. The molecule has 19 heavy (non-hydrogen) atoms. The fourth-order valence-electron chi connectivity index (χ4n) is 3.70. The summed E-state index contributed by atoms with van der Waals surface area (Å²) in [6.07, 6.45) is 4.80. The molecule has 3 atom stereocenters. The summed E-state index contributed by atoms with van der Waals surface area (Å²) in [5.41, 5.74) is 2.63. The summed E-state index contributed by atoms with van der Waals surface area (Å²) in [5, 5.41) is 8.73. The van der Waals surface area contributed by atoms with Gasteiger partial charge in [0.05, 0.1) is 11.4 Å². The molecule has 1 saturated carbocycles. The summed E-state index contributed by atoms with van der Waals surface area (Å²) >= 11 is 0. The highest BCUT2D eigenvalue weighted by atomic mass is 16.5. The maximum Gasteiger partial charge on any atom is 0.0859 e. The van der Waals surface area contributed by atoms with Crippen LogP contribution in [0.25, 0.3) is 0 Å². The Morgan fingerprint density at radius 1 is 1.26 bits per heavy atom. The molecule has 1 aromatic rings. The standard InChI is InChI=1S/C15H25N3O/c1-4-19-9-13-11-5-7-14-15(8-6-12(11)13)18(10(2)3)17-16-14/h10-13H,4-9H2,1-3H3. The first-order chi connectivity index (χ1) is 9.22. The van der Waals surface area contributed by atoms with Crippen molar-refractivity contribution in [3.05, 3.63) is 11.4 Å². The van der Waals surface area contributed by atoms with Gasteiger partial charge in [-0.25, -0.2) is 4.68 Å². The van der Waals surface area contributed by atoms with Crippen molar-refractivity contribution >= 4 is 0 Å². The van der Waals surface area contributed by atoms with Crippen LogP contribution in [0.15, 0.2) is 0 Å². The van der Waals surface area contributed by atoms with E-state index in [1.807, 2.05) is 0 Å². The van der Waals surface area contributed by atoms with Gasteiger partial charge in [0.15, 0.2) is 0 Å². The van der Waals surface area contributed by atoms with E-state index in [2.05, 4.69) is 35.8 Å². The van der Waals surface area contributed by atoms with Gasteiger partial charge in [-0.2, -0.15) is 0 Å². The molecule has 1 heterocycles. The van der Waals surface area contributed by atoms with Crippen molar-refractivity contribution in [1.82, 2.24) is 15.0 Å². The third-order valence-electron chi connectivity index (χ3n) is 4.81. The van der Waals surface area contributed by atoms with E-state index in [9.17, 15) is 0 Å². The van der Waals surface area contributed by atoms with E-state index in [-0.39, 0.29) is 0 Å². The summed E-state index contributed by atoms with van der Waals surface area (Å²) < 4.78 is 7.74. The monoisotopic (exact) mass is 263 g/mol. The fourth-order valence-corrected chi connectivity index (χ4v) is 3.70. The van der Waals surface area contributed by atoms with Gasteiger partial charge >= 0.3 is 0 Å². The van der Waals surface area contributed by atoms with Gasteiger partial charge in [0, 0.05) is 19.3 Å². The molecule has 0 amide bonds. The largest absolute Gasteiger partial charge is 0.381 e. The Morgan fingerprint density at radius 2 is 2.00 bits per heavy atom. The number of fused-ring (bicyclic) bond motifs is 2. The van der Waals surface area contributed by atoms with Crippen LogP contribution in [0.4, 0.5) is 0 Å². The first kappa shape index (κ1) is 13.1. The van der Waals surface area contributed by atoms with E-state index >= 15 is 0 Å². The van der Waals surface area contributed by atoms with Crippen molar-refractivity contribution in [3.63, 3.8) is 0 Å². The van der Waals surface area contributed by atoms with Crippen LogP contribution in [-0.2, 0) is 17.6 Å². The Morgan fingerprint density at radius 3 is 2.68 bits per heavy atom. The molecule has 0 bridgehead atoms. The maximum atomic E-state index is 5.62. The Hall–Kier alpha value is -0.900. The predicted molar refractivity (Wildman–Crippen MR) is 74.0 cm³/mol. The number of ether oxygens (including phenoxy) is 1. The SMILES string of the molecule is CCOCC1C2CCc3nnn(C(C)C)c3CCC21.